The van der Waals surface area contributed by atoms with Crippen molar-refractivity contribution >= 4 is 17.3 Å². The van der Waals surface area contributed by atoms with E-state index >= 15 is 0 Å². The molecule has 1 atom stereocenters. The van der Waals surface area contributed by atoms with Gasteiger partial charge in [-0.3, -0.25) is 0 Å². The standard InChI is InChI=1S/C17H26N2O2/c1-12(2)13-5-4-9-19(10-8-13)16-7-6-14(18)11-15(16)17(20)21-3/h6-7,11-13H,4-5,8-10,18H2,1-3H3. The molecule has 0 bridgehead atoms. The van der Waals surface area contributed by atoms with Crippen LogP contribution in [0.4, 0.5) is 11.4 Å². The van der Waals surface area contributed by atoms with Crippen molar-refractivity contribution in [1.82, 2.24) is 0 Å². The van der Waals surface area contributed by atoms with Gasteiger partial charge in [-0.2, -0.15) is 0 Å². The highest BCUT2D eigenvalue weighted by Gasteiger charge is 2.23. The van der Waals surface area contributed by atoms with Crippen molar-refractivity contribution in [2.45, 2.75) is 33.1 Å². The number of nitrogens with two attached hydrogens (primary N) is 1. The Morgan fingerprint density at radius 2 is 2.10 bits per heavy atom. The van der Waals surface area contributed by atoms with Crippen molar-refractivity contribution in [3.63, 3.8) is 0 Å². The summed E-state index contributed by atoms with van der Waals surface area (Å²) in [5.74, 6) is 1.17. The highest BCUT2D eigenvalue weighted by molar-refractivity contribution is 5.97. The summed E-state index contributed by atoms with van der Waals surface area (Å²) >= 11 is 0. The lowest BCUT2D eigenvalue weighted by molar-refractivity contribution is 0.0601. The first-order valence-electron chi connectivity index (χ1n) is 7.75. The monoisotopic (exact) mass is 290 g/mol. The fourth-order valence-electron chi connectivity index (χ4n) is 3.13. The molecular formula is C17H26N2O2. The molecule has 1 unspecified atom stereocenters. The third-order valence-corrected chi connectivity index (χ3v) is 4.48. The third kappa shape index (κ3) is 3.69. The summed E-state index contributed by atoms with van der Waals surface area (Å²) in [5.41, 5.74) is 7.92. The molecule has 4 heteroatoms. The van der Waals surface area contributed by atoms with Gasteiger partial charge in [-0.25, -0.2) is 4.79 Å². The predicted octanol–water partition coefficient (Wildman–Crippen LogP) is 3.32. The second-order valence-electron chi connectivity index (χ2n) is 6.19. The number of nitrogens with zero attached hydrogens (tertiary/aromatic N) is 1. The summed E-state index contributed by atoms with van der Waals surface area (Å²) in [7, 11) is 1.41. The molecular weight excluding hydrogens is 264 g/mol. The maximum absolute atomic E-state index is 12.0. The zero-order valence-electron chi connectivity index (χ0n) is 13.3. The minimum Gasteiger partial charge on any atom is -0.465 e. The molecule has 1 aromatic carbocycles. The second-order valence-corrected chi connectivity index (χ2v) is 6.19. The highest BCUT2D eigenvalue weighted by Crippen LogP contribution is 2.30. The number of ether oxygens (including phenoxy) is 1. The fourth-order valence-corrected chi connectivity index (χ4v) is 3.13. The van der Waals surface area contributed by atoms with Gasteiger partial charge in [0.05, 0.1) is 18.4 Å². The zero-order chi connectivity index (χ0) is 15.4. The van der Waals surface area contributed by atoms with Crippen molar-refractivity contribution < 1.29 is 9.53 Å². The average Bonchev–Trinajstić information content (AvgIpc) is 2.72. The fraction of sp³-hybridized carbons (Fsp3) is 0.588. The van der Waals surface area contributed by atoms with Gasteiger partial charge in [-0.05, 0) is 49.3 Å². The Hall–Kier alpha value is -1.71. The smallest absolute Gasteiger partial charge is 0.340 e. The molecule has 1 aliphatic rings. The summed E-state index contributed by atoms with van der Waals surface area (Å²) in [4.78, 5) is 14.3. The Morgan fingerprint density at radius 1 is 1.33 bits per heavy atom. The second kappa shape index (κ2) is 6.83. The molecule has 2 rings (SSSR count). The van der Waals surface area contributed by atoms with Crippen molar-refractivity contribution in [3.05, 3.63) is 23.8 Å². The van der Waals surface area contributed by atoms with Gasteiger partial charge >= 0.3 is 5.97 Å². The van der Waals surface area contributed by atoms with Crippen molar-refractivity contribution in [3.8, 4) is 0 Å². The van der Waals surface area contributed by atoms with Crippen LogP contribution < -0.4 is 10.6 Å². The van der Waals surface area contributed by atoms with Gasteiger partial charge < -0.3 is 15.4 Å². The van der Waals surface area contributed by atoms with Crippen LogP contribution in [0.5, 0.6) is 0 Å². The number of anilines is 2. The van der Waals surface area contributed by atoms with E-state index in [0.717, 1.165) is 37.0 Å². The highest BCUT2D eigenvalue weighted by atomic mass is 16.5. The molecule has 21 heavy (non-hydrogen) atoms. The number of rotatable bonds is 3. The summed E-state index contributed by atoms with van der Waals surface area (Å²) in [6, 6.07) is 5.51. The first-order chi connectivity index (χ1) is 10.0. The minimum absolute atomic E-state index is 0.318. The Bertz CT molecular complexity index is 500. The maximum atomic E-state index is 12.0. The lowest BCUT2D eigenvalue weighted by Gasteiger charge is -2.25. The van der Waals surface area contributed by atoms with Gasteiger partial charge in [0.25, 0.3) is 0 Å². The number of methoxy groups -OCH3 is 1. The largest absolute Gasteiger partial charge is 0.465 e. The van der Waals surface area contributed by atoms with Crippen LogP contribution in [0.25, 0.3) is 0 Å². The molecule has 0 radical (unpaired) electrons. The number of benzene rings is 1. The van der Waals surface area contributed by atoms with E-state index in [4.69, 9.17) is 10.5 Å². The number of nitrogen functional groups attached to an aromatic ring is 1. The molecule has 1 aromatic rings. The number of hydrogen-bond donors (Lipinski definition) is 1. The molecule has 0 aromatic heterocycles. The topological polar surface area (TPSA) is 55.6 Å². The molecule has 0 aliphatic carbocycles. The van der Waals surface area contributed by atoms with Crippen LogP contribution in [0.15, 0.2) is 18.2 Å². The van der Waals surface area contributed by atoms with E-state index in [2.05, 4.69) is 18.7 Å². The molecule has 4 nitrogen and oxygen atoms in total. The van der Waals surface area contributed by atoms with Crippen LogP contribution in [0.2, 0.25) is 0 Å². The van der Waals surface area contributed by atoms with E-state index in [0.29, 0.717) is 11.3 Å². The molecule has 1 fully saturated rings. The Labute approximate surface area is 127 Å². The van der Waals surface area contributed by atoms with E-state index in [1.807, 2.05) is 12.1 Å². The molecule has 0 spiro atoms. The predicted molar refractivity (Wildman–Crippen MR) is 86.6 cm³/mol. The lowest BCUT2D eigenvalue weighted by atomic mass is 9.89. The van der Waals surface area contributed by atoms with Crippen LogP contribution in [0.3, 0.4) is 0 Å². The van der Waals surface area contributed by atoms with Gasteiger partial charge in [0.1, 0.15) is 0 Å². The van der Waals surface area contributed by atoms with Gasteiger partial charge in [0.2, 0.25) is 0 Å². The average molecular weight is 290 g/mol. The Kier molecular flexibility index (Phi) is 5.10. The molecule has 0 saturated carbocycles. The molecule has 1 aliphatic heterocycles. The van der Waals surface area contributed by atoms with Crippen LogP contribution >= 0.6 is 0 Å². The SMILES string of the molecule is COC(=O)c1cc(N)ccc1N1CCCC(C(C)C)CC1. The minimum atomic E-state index is -0.318. The molecule has 116 valence electrons. The number of hydrogen-bond acceptors (Lipinski definition) is 4. The molecule has 0 amide bonds. The number of carbonyl (C=O) groups excluding carboxylic acids is 1. The normalized spacial score (nSPS) is 19.4. The van der Waals surface area contributed by atoms with E-state index in [1.165, 1.54) is 20.0 Å². The number of carbonyl (C=O) groups is 1. The Morgan fingerprint density at radius 3 is 2.76 bits per heavy atom. The van der Waals surface area contributed by atoms with Gasteiger partial charge in [0.15, 0.2) is 0 Å². The zero-order valence-corrected chi connectivity index (χ0v) is 13.3. The van der Waals surface area contributed by atoms with E-state index in [1.54, 1.807) is 6.07 Å². The molecule has 1 saturated heterocycles. The van der Waals surface area contributed by atoms with Crippen LogP contribution in [-0.2, 0) is 4.74 Å². The summed E-state index contributed by atoms with van der Waals surface area (Å²) < 4.78 is 4.89. The summed E-state index contributed by atoms with van der Waals surface area (Å²) in [5, 5.41) is 0. The molecule has 2 N–H and O–H groups in total. The summed E-state index contributed by atoms with van der Waals surface area (Å²) in [6.07, 6.45) is 3.59. The van der Waals surface area contributed by atoms with Crippen molar-refractivity contribution in [1.29, 1.82) is 0 Å². The first-order valence-corrected chi connectivity index (χ1v) is 7.75. The van der Waals surface area contributed by atoms with E-state index in [-0.39, 0.29) is 5.97 Å². The first kappa shape index (κ1) is 15.7. The van der Waals surface area contributed by atoms with Gasteiger partial charge in [-0.15, -0.1) is 0 Å². The van der Waals surface area contributed by atoms with Crippen molar-refractivity contribution in [2.75, 3.05) is 30.8 Å². The van der Waals surface area contributed by atoms with Crippen molar-refractivity contribution in [2.24, 2.45) is 11.8 Å². The van der Waals surface area contributed by atoms with Crippen LogP contribution in [0, 0.1) is 11.8 Å². The van der Waals surface area contributed by atoms with Crippen LogP contribution in [-0.4, -0.2) is 26.2 Å². The molecule has 1 heterocycles. The lowest BCUT2D eigenvalue weighted by Crippen LogP contribution is -2.26. The van der Waals surface area contributed by atoms with Gasteiger partial charge in [0, 0.05) is 18.8 Å². The van der Waals surface area contributed by atoms with E-state index < -0.39 is 0 Å². The van der Waals surface area contributed by atoms with E-state index in [9.17, 15) is 4.79 Å². The third-order valence-electron chi connectivity index (χ3n) is 4.48. The summed E-state index contributed by atoms with van der Waals surface area (Å²) in [6.45, 7) is 6.56. The Balaban J connectivity index is 2.23. The number of esters is 1. The van der Waals surface area contributed by atoms with Gasteiger partial charge in [-0.1, -0.05) is 13.8 Å². The van der Waals surface area contributed by atoms with Crippen LogP contribution in [0.1, 0.15) is 43.5 Å². The maximum Gasteiger partial charge on any atom is 0.340 e. The quantitative estimate of drug-likeness (QED) is 0.685.